The molecule has 1 aromatic heterocycles. The molecule has 1 aliphatic heterocycles. The minimum atomic E-state index is -0.407. The van der Waals surface area contributed by atoms with Crippen LogP contribution in [0.5, 0.6) is 0 Å². The number of benzene rings is 1. The average molecular weight is 363 g/mol. The van der Waals surface area contributed by atoms with Crippen molar-refractivity contribution >= 4 is 34.3 Å². The van der Waals surface area contributed by atoms with E-state index in [0.29, 0.717) is 18.1 Å². The van der Waals surface area contributed by atoms with Crippen molar-refractivity contribution in [3.8, 4) is 0 Å². The van der Waals surface area contributed by atoms with E-state index in [-0.39, 0.29) is 24.3 Å². The molecule has 1 fully saturated rings. The molecule has 1 aliphatic rings. The second-order valence-corrected chi connectivity index (χ2v) is 7.08. The summed E-state index contributed by atoms with van der Waals surface area (Å²) in [5, 5.41) is 7.42. The van der Waals surface area contributed by atoms with Crippen molar-refractivity contribution in [3.05, 3.63) is 35.0 Å². The van der Waals surface area contributed by atoms with Gasteiger partial charge in [-0.3, -0.25) is 14.5 Å². The molecule has 7 heteroatoms. The number of H-pyrrole nitrogens is 1. The zero-order valence-corrected chi connectivity index (χ0v) is 15.2. The standard InChI is InChI=1S/C18H23ClN4O2/c1-11(2)23-6-5-20-18(25)16(23)9-17(24)21-10-14-8-12-7-13(19)3-4-15(12)22-14/h3-4,7-8,11,16,22H,5-6,9-10H2,1-2H3,(H,20,25)(H,21,24). The SMILES string of the molecule is CC(C)N1CCNC(=O)C1CC(=O)NCc1cc2cc(Cl)ccc2[nH]1. The topological polar surface area (TPSA) is 77.2 Å². The molecule has 2 aromatic rings. The monoisotopic (exact) mass is 362 g/mol. The van der Waals surface area contributed by atoms with E-state index in [1.165, 1.54) is 0 Å². The minimum absolute atomic E-state index is 0.0737. The highest BCUT2D eigenvalue weighted by Crippen LogP contribution is 2.20. The first-order valence-corrected chi connectivity index (χ1v) is 8.89. The van der Waals surface area contributed by atoms with Crippen LogP contribution in [0.3, 0.4) is 0 Å². The largest absolute Gasteiger partial charge is 0.357 e. The van der Waals surface area contributed by atoms with Crippen LogP contribution in [0.4, 0.5) is 0 Å². The van der Waals surface area contributed by atoms with E-state index in [4.69, 9.17) is 11.6 Å². The summed E-state index contributed by atoms with van der Waals surface area (Å²) in [5.41, 5.74) is 1.88. The molecule has 1 aromatic carbocycles. The number of nitrogens with zero attached hydrogens (tertiary/aromatic N) is 1. The number of rotatable bonds is 5. The number of hydrogen-bond donors (Lipinski definition) is 3. The number of carbonyl (C=O) groups is 2. The molecule has 134 valence electrons. The van der Waals surface area contributed by atoms with Gasteiger partial charge in [0, 0.05) is 40.8 Å². The van der Waals surface area contributed by atoms with Gasteiger partial charge in [-0.25, -0.2) is 0 Å². The van der Waals surface area contributed by atoms with Crippen LogP contribution in [-0.2, 0) is 16.1 Å². The summed E-state index contributed by atoms with van der Waals surface area (Å²) in [6, 6.07) is 7.40. The maximum absolute atomic E-state index is 12.3. The van der Waals surface area contributed by atoms with Crippen molar-refractivity contribution in [2.24, 2.45) is 0 Å². The lowest BCUT2D eigenvalue weighted by atomic mass is 10.1. The quantitative estimate of drug-likeness (QED) is 0.761. The lowest BCUT2D eigenvalue weighted by molar-refractivity contribution is -0.134. The Morgan fingerprint density at radius 3 is 2.96 bits per heavy atom. The van der Waals surface area contributed by atoms with Gasteiger partial charge in [0.15, 0.2) is 0 Å². The molecule has 0 bridgehead atoms. The molecule has 2 amide bonds. The van der Waals surface area contributed by atoms with Crippen LogP contribution >= 0.6 is 11.6 Å². The van der Waals surface area contributed by atoms with Crippen molar-refractivity contribution in [2.75, 3.05) is 13.1 Å². The van der Waals surface area contributed by atoms with Crippen LogP contribution in [0.1, 0.15) is 26.0 Å². The van der Waals surface area contributed by atoms with Crippen molar-refractivity contribution in [3.63, 3.8) is 0 Å². The maximum Gasteiger partial charge on any atom is 0.237 e. The minimum Gasteiger partial charge on any atom is -0.357 e. The third-order valence-electron chi connectivity index (χ3n) is 4.53. The summed E-state index contributed by atoms with van der Waals surface area (Å²) in [7, 11) is 0. The molecule has 1 saturated heterocycles. The van der Waals surface area contributed by atoms with Gasteiger partial charge in [-0.2, -0.15) is 0 Å². The number of piperazine rings is 1. The third-order valence-corrected chi connectivity index (χ3v) is 4.76. The second-order valence-electron chi connectivity index (χ2n) is 6.65. The molecule has 2 heterocycles. The van der Waals surface area contributed by atoms with Crippen LogP contribution in [0.25, 0.3) is 10.9 Å². The first-order valence-electron chi connectivity index (χ1n) is 8.51. The molecule has 3 N–H and O–H groups in total. The number of amides is 2. The van der Waals surface area contributed by atoms with Crippen molar-refractivity contribution in [2.45, 2.75) is 38.9 Å². The lowest BCUT2D eigenvalue weighted by Crippen LogP contribution is -2.58. The number of aromatic nitrogens is 1. The molecule has 0 radical (unpaired) electrons. The summed E-state index contributed by atoms with van der Waals surface area (Å²) in [6.07, 6.45) is 0.163. The Bertz CT molecular complexity index is 786. The zero-order valence-electron chi connectivity index (χ0n) is 14.4. The number of hydrogen-bond acceptors (Lipinski definition) is 3. The summed E-state index contributed by atoms with van der Waals surface area (Å²) >= 11 is 5.99. The van der Waals surface area contributed by atoms with Crippen LogP contribution < -0.4 is 10.6 Å². The van der Waals surface area contributed by atoms with Gasteiger partial charge in [-0.05, 0) is 38.1 Å². The highest BCUT2D eigenvalue weighted by atomic mass is 35.5. The van der Waals surface area contributed by atoms with Crippen molar-refractivity contribution < 1.29 is 9.59 Å². The molecule has 1 unspecified atom stereocenters. The predicted octanol–water partition coefficient (Wildman–Crippen LogP) is 2.04. The number of halogens is 1. The van der Waals surface area contributed by atoms with Gasteiger partial charge in [0.1, 0.15) is 0 Å². The van der Waals surface area contributed by atoms with Gasteiger partial charge < -0.3 is 15.6 Å². The van der Waals surface area contributed by atoms with Gasteiger partial charge in [-0.1, -0.05) is 11.6 Å². The summed E-state index contributed by atoms with van der Waals surface area (Å²) in [5.74, 6) is -0.209. The zero-order chi connectivity index (χ0) is 18.0. The third kappa shape index (κ3) is 4.14. The maximum atomic E-state index is 12.3. The molecule has 6 nitrogen and oxygen atoms in total. The van der Waals surface area contributed by atoms with Crippen molar-refractivity contribution in [1.82, 2.24) is 20.5 Å². The van der Waals surface area contributed by atoms with E-state index >= 15 is 0 Å². The Morgan fingerprint density at radius 1 is 1.40 bits per heavy atom. The first kappa shape index (κ1) is 17.8. The average Bonchev–Trinajstić information content (AvgIpc) is 2.96. The molecule has 1 atom stereocenters. The molecular weight excluding hydrogens is 340 g/mol. The fraction of sp³-hybridized carbons (Fsp3) is 0.444. The molecule has 0 aliphatic carbocycles. The van der Waals surface area contributed by atoms with Gasteiger partial charge in [-0.15, -0.1) is 0 Å². The Morgan fingerprint density at radius 2 is 2.20 bits per heavy atom. The van der Waals surface area contributed by atoms with E-state index in [1.54, 1.807) is 0 Å². The molecule has 3 rings (SSSR count). The van der Waals surface area contributed by atoms with E-state index in [9.17, 15) is 9.59 Å². The van der Waals surface area contributed by atoms with Crippen molar-refractivity contribution in [1.29, 1.82) is 0 Å². The normalized spacial score (nSPS) is 18.6. The molecular formula is C18H23ClN4O2. The first-order chi connectivity index (χ1) is 11.9. The lowest BCUT2D eigenvalue weighted by Gasteiger charge is -2.37. The van der Waals surface area contributed by atoms with Gasteiger partial charge in [0.2, 0.25) is 11.8 Å². The number of fused-ring (bicyclic) bond motifs is 1. The van der Waals surface area contributed by atoms with E-state index in [2.05, 4.69) is 20.5 Å². The summed E-state index contributed by atoms with van der Waals surface area (Å²) in [4.78, 5) is 29.8. The highest BCUT2D eigenvalue weighted by molar-refractivity contribution is 6.31. The van der Waals surface area contributed by atoms with Crippen LogP contribution in [0.2, 0.25) is 5.02 Å². The number of carbonyl (C=O) groups excluding carboxylic acids is 2. The Kier molecular flexibility index (Phi) is 5.30. The Hall–Kier alpha value is -2.05. The smallest absolute Gasteiger partial charge is 0.237 e. The summed E-state index contributed by atoms with van der Waals surface area (Å²) in [6.45, 7) is 5.87. The molecule has 0 spiro atoms. The Balaban J connectivity index is 1.60. The number of aromatic amines is 1. The van der Waals surface area contributed by atoms with Gasteiger partial charge in [0.25, 0.3) is 0 Å². The molecule has 0 saturated carbocycles. The molecule has 25 heavy (non-hydrogen) atoms. The van der Waals surface area contributed by atoms with Crippen LogP contribution in [0.15, 0.2) is 24.3 Å². The number of nitrogens with one attached hydrogen (secondary N) is 3. The van der Waals surface area contributed by atoms with Crippen LogP contribution in [-0.4, -0.2) is 46.9 Å². The highest BCUT2D eigenvalue weighted by Gasteiger charge is 2.32. The fourth-order valence-corrected chi connectivity index (χ4v) is 3.44. The second kappa shape index (κ2) is 7.45. The summed E-state index contributed by atoms with van der Waals surface area (Å²) < 4.78 is 0. The van der Waals surface area contributed by atoms with E-state index in [0.717, 1.165) is 23.1 Å². The predicted molar refractivity (Wildman–Crippen MR) is 98.4 cm³/mol. The van der Waals surface area contributed by atoms with Gasteiger partial charge >= 0.3 is 0 Å². The Labute approximate surface area is 151 Å². The van der Waals surface area contributed by atoms with E-state index in [1.807, 2.05) is 38.1 Å². The van der Waals surface area contributed by atoms with Gasteiger partial charge in [0.05, 0.1) is 19.0 Å². The fourth-order valence-electron chi connectivity index (χ4n) is 3.26. The van der Waals surface area contributed by atoms with E-state index < -0.39 is 6.04 Å². The van der Waals surface area contributed by atoms with Crippen LogP contribution in [0, 0.1) is 0 Å².